The number of halogens is 3. The van der Waals surface area contributed by atoms with Crippen LogP contribution in [0.2, 0.25) is 0 Å². The monoisotopic (exact) mass is 468 g/mol. The predicted octanol–water partition coefficient (Wildman–Crippen LogP) is 4.99. The van der Waals surface area contributed by atoms with Gasteiger partial charge in [0, 0.05) is 39.6 Å². The number of carbonyl (C=O) groups is 2. The van der Waals surface area contributed by atoms with Crippen molar-refractivity contribution >= 4 is 22.7 Å². The van der Waals surface area contributed by atoms with E-state index in [0.717, 1.165) is 18.2 Å². The summed E-state index contributed by atoms with van der Waals surface area (Å²) in [5.41, 5.74) is 0.645. The van der Waals surface area contributed by atoms with Crippen molar-refractivity contribution in [3.8, 4) is 5.69 Å². The first-order chi connectivity index (χ1) is 16.1. The second kappa shape index (κ2) is 8.66. The first-order valence-electron chi connectivity index (χ1n) is 10.2. The van der Waals surface area contributed by atoms with Crippen molar-refractivity contribution in [3.05, 3.63) is 99.1 Å². The molecule has 0 aliphatic carbocycles. The number of alkyl halides is 3. The molecule has 2 heterocycles. The highest BCUT2D eigenvalue weighted by Gasteiger charge is 2.31. The van der Waals surface area contributed by atoms with E-state index >= 15 is 0 Å². The number of pyridine rings is 1. The zero-order chi connectivity index (χ0) is 24.6. The number of para-hydroxylation sites is 1. The maximum absolute atomic E-state index is 13.1. The standard InChI is InChI=1S/C25H19F3N2O4/c1-14-10-19(15(2)30(14)17-7-5-6-16(11-17)25(26,27)28)22(31)13-34-24(33)20-12-23(32)29-21-9-4-3-8-18(20)21/h3-12H,13H2,1-2H3,(H,29,32). The molecule has 0 fully saturated rings. The fourth-order valence-electron chi connectivity index (χ4n) is 3.92. The molecule has 4 rings (SSSR count). The summed E-state index contributed by atoms with van der Waals surface area (Å²) < 4.78 is 46.1. The highest BCUT2D eigenvalue weighted by Crippen LogP contribution is 2.31. The summed E-state index contributed by atoms with van der Waals surface area (Å²) in [6.45, 7) is 2.68. The Kier molecular flexibility index (Phi) is 5.87. The van der Waals surface area contributed by atoms with Gasteiger partial charge in [-0.1, -0.05) is 24.3 Å². The molecule has 2 aromatic carbocycles. The van der Waals surface area contributed by atoms with Crippen molar-refractivity contribution in [2.45, 2.75) is 20.0 Å². The molecule has 6 nitrogen and oxygen atoms in total. The average Bonchev–Trinajstić information content (AvgIpc) is 3.10. The topological polar surface area (TPSA) is 81.2 Å². The highest BCUT2D eigenvalue weighted by molar-refractivity contribution is 6.05. The molecule has 9 heteroatoms. The molecule has 0 bridgehead atoms. The number of hydrogen-bond acceptors (Lipinski definition) is 4. The van der Waals surface area contributed by atoms with E-state index in [-0.39, 0.29) is 16.8 Å². The van der Waals surface area contributed by atoms with Gasteiger partial charge in [-0.2, -0.15) is 13.2 Å². The van der Waals surface area contributed by atoms with Crippen LogP contribution in [0.25, 0.3) is 16.6 Å². The van der Waals surface area contributed by atoms with Gasteiger partial charge in [-0.25, -0.2) is 4.79 Å². The number of nitrogens with zero attached hydrogens (tertiary/aromatic N) is 1. The number of nitrogens with one attached hydrogen (secondary N) is 1. The van der Waals surface area contributed by atoms with Gasteiger partial charge in [0.1, 0.15) is 0 Å². The van der Waals surface area contributed by atoms with Gasteiger partial charge in [0.2, 0.25) is 11.3 Å². The van der Waals surface area contributed by atoms with E-state index in [1.54, 1.807) is 38.1 Å². The van der Waals surface area contributed by atoms with E-state index in [4.69, 9.17) is 4.74 Å². The number of ketones is 1. The van der Waals surface area contributed by atoms with Gasteiger partial charge in [-0.3, -0.25) is 9.59 Å². The van der Waals surface area contributed by atoms with Crippen molar-refractivity contribution in [2.75, 3.05) is 6.61 Å². The first kappa shape index (κ1) is 23.0. The lowest BCUT2D eigenvalue weighted by molar-refractivity contribution is -0.137. The lowest BCUT2D eigenvalue weighted by Crippen LogP contribution is -2.17. The third-order valence-corrected chi connectivity index (χ3v) is 5.47. The summed E-state index contributed by atoms with van der Waals surface area (Å²) >= 11 is 0. The lowest BCUT2D eigenvalue weighted by Gasteiger charge is -2.13. The maximum Gasteiger partial charge on any atom is 0.416 e. The van der Waals surface area contributed by atoms with Gasteiger partial charge >= 0.3 is 12.1 Å². The zero-order valence-corrected chi connectivity index (χ0v) is 18.2. The molecule has 0 aliphatic rings. The van der Waals surface area contributed by atoms with Crippen LogP contribution < -0.4 is 5.56 Å². The summed E-state index contributed by atoms with van der Waals surface area (Å²) in [6, 6.07) is 14.1. The van der Waals surface area contributed by atoms with E-state index in [0.29, 0.717) is 22.3 Å². The number of fused-ring (bicyclic) bond motifs is 1. The Balaban J connectivity index is 1.58. The Morgan fingerprint density at radius 3 is 2.44 bits per heavy atom. The molecule has 0 atom stereocenters. The summed E-state index contributed by atoms with van der Waals surface area (Å²) in [5, 5.41) is 0.474. The summed E-state index contributed by atoms with van der Waals surface area (Å²) in [5.74, 6) is -1.35. The molecule has 0 radical (unpaired) electrons. The van der Waals surface area contributed by atoms with Gasteiger partial charge < -0.3 is 14.3 Å². The third kappa shape index (κ3) is 4.36. The fourth-order valence-corrected chi connectivity index (χ4v) is 3.92. The summed E-state index contributed by atoms with van der Waals surface area (Å²) in [4.78, 5) is 39.9. The van der Waals surface area contributed by atoms with Crippen LogP contribution in [0.3, 0.4) is 0 Å². The molecule has 0 amide bonds. The third-order valence-electron chi connectivity index (χ3n) is 5.47. The molecular weight excluding hydrogens is 449 g/mol. The van der Waals surface area contributed by atoms with Crippen LogP contribution in [0.5, 0.6) is 0 Å². The normalized spacial score (nSPS) is 11.6. The van der Waals surface area contributed by atoms with Gasteiger partial charge in [0.05, 0.1) is 11.1 Å². The summed E-state index contributed by atoms with van der Waals surface area (Å²) in [7, 11) is 0. The molecular formula is C25H19F3N2O4. The summed E-state index contributed by atoms with van der Waals surface area (Å²) in [6.07, 6.45) is -4.50. The number of esters is 1. The van der Waals surface area contributed by atoms with Gasteiger partial charge in [-0.05, 0) is 44.2 Å². The molecule has 4 aromatic rings. The minimum absolute atomic E-state index is 0.0292. The van der Waals surface area contributed by atoms with Gasteiger partial charge in [0.25, 0.3) is 0 Å². The number of Topliss-reactive ketones (excluding diaryl/α,β-unsaturated/α-hetero) is 1. The molecule has 34 heavy (non-hydrogen) atoms. The number of carbonyl (C=O) groups excluding carboxylic acids is 2. The highest BCUT2D eigenvalue weighted by atomic mass is 19.4. The predicted molar refractivity (Wildman–Crippen MR) is 119 cm³/mol. The Morgan fingerprint density at radius 2 is 1.71 bits per heavy atom. The number of hydrogen-bond donors (Lipinski definition) is 1. The van der Waals surface area contributed by atoms with E-state index < -0.39 is 35.7 Å². The lowest BCUT2D eigenvalue weighted by atomic mass is 10.1. The van der Waals surface area contributed by atoms with Crippen LogP contribution in [-0.4, -0.2) is 27.9 Å². The van der Waals surface area contributed by atoms with Crippen molar-refractivity contribution in [1.29, 1.82) is 0 Å². The Bertz CT molecular complexity index is 1480. The largest absolute Gasteiger partial charge is 0.454 e. The van der Waals surface area contributed by atoms with Crippen molar-refractivity contribution in [3.63, 3.8) is 0 Å². The molecule has 1 N–H and O–H groups in total. The van der Waals surface area contributed by atoms with Crippen LogP contribution in [0.1, 0.15) is 37.7 Å². The SMILES string of the molecule is Cc1cc(C(=O)COC(=O)c2cc(=O)[nH]c3ccccc23)c(C)n1-c1cccc(C(F)(F)F)c1. The van der Waals surface area contributed by atoms with Crippen LogP contribution >= 0.6 is 0 Å². The number of ether oxygens (including phenoxy) is 1. The smallest absolute Gasteiger partial charge is 0.416 e. The number of benzene rings is 2. The molecule has 0 saturated carbocycles. The minimum Gasteiger partial charge on any atom is -0.454 e. The fraction of sp³-hybridized carbons (Fsp3) is 0.160. The zero-order valence-electron chi connectivity index (χ0n) is 18.2. The number of aromatic amines is 1. The molecule has 0 unspecified atom stereocenters. The second-order valence-corrected chi connectivity index (χ2v) is 7.76. The number of rotatable bonds is 5. The molecule has 174 valence electrons. The van der Waals surface area contributed by atoms with Crippen LogP contribution in [0.15, 0.2) is 65.5 Å². The first-order valence-corrected chi connectivity index (χ1v) is 10.2. The van der Waals surface area contributed by atoms with Crippen LogP contribution in [0, 0.1) is 13.8 Å². The molecule has 0 spiro atoms. The quantitative estimate of drug-likeness (QED) is 0.330. The van der Waals surface area contributed by atoms with Gasteiger partial charge in [0.15, 0.2) is 6.61 Å². The van der Waals surface area contributed by atoms with Crippen LogP contribution in [-0.2, 0) is 10.9 Å². The van der Waals surface area contributed by atoms with E-state index in [9.17, 15) is 27.6 Å². The van der Waals surface area contributed by atoms with E-state index in [2.05, 4.69) is 4.98 Å². The Hall–Kier alpha value is -4.14. The number of aryl methyl sites for hydroxylation is 1. The maximum atomic E-state index is 13.1. The van der Waals surface area contributed by atoms with Crippen molar-refractivity contribution < 1.29 is 27.5 Å². The minimum atomic E-state index is -4.50. The Morgan fingerprint density at radius 1 is 0.971 bits per heavy atom. The average molecular weight is 468 g/mol. The molecule has 0 saturated heterocycles. The molecule has 2 aromatic heterocycles. The number of aromatic nitrogens is 2. The Labute approximate surface area is 191 Å². The van der Waals surface area contributed by atoms with E-state index in [1.165, 1.54) is 22.8 Å². The number of H-pyrrole nitrogens is 1. The van der Waals surface area contributed by atoms with Gasteiger partial charge in [-0.15, -0.1) is 0 Å². The van der Waals surface area contributed by atoms with E-state index in [1.807, 2.05) is 0 Å². The second-order valence-electron chi connectivity index (χ2n) is 7.76. The molecule has 0 aliphatic heterocycles. The van der Waals surface area contributed by atoms with Crippen molar-refractivity contribution in [2.24, 2.45) is 0 Å². The van der Waals surface area contributed by atoms with Crippen molar-refractivity contribution in [1.82, 2.24) is 9.55 Å². The van der Waals surface area contributed by atoms with Crippen LogP contribution in [0.4, 0.5) is 13.2 Å².